The van der Waals surface area contributed by atoms with Crippen molar-refractivity contribution < 1.29 is 13.2 Å². The maximum atomic E-state index is 13.8. The van der Waals surface area contributed by atoms with Crippen molar-refractivity contribution in [2.45, 2.75) is 33.1 Å². The number of benzene rings is 4. The molecule has 0 radical (unpaired) electrons. The molecule has 1 heterocycles. The highest BCUT2D eigenvalue weighted by Gasteiger charge is 2.34. The molecule has 0 amide bonds. The molecule has 182 valence electrons. The van der Waals surface area contributed by atoms with Gasteiger partial charge in [0.1, 0.15) is 5.52 Å². The second-order valence-electron chi connectivity index (χ2n) is 8.99. The van der Waals surface area contributed by atoms with Crippen LogP contribution in [0.25, 0.3) is 22.2 Å². The predicted molar refractivity (Wildman–Crippen MR) is 139 cm³/mol. The lowest BCUT2D eigenvalue weighted by Crippen LogP contribution is -2.06. The van der Waals surface area contributed by atoms with E-state index in [1.54, 1.807) is 10.7 Å². The Hall–Kier alpha value is -4.06. The highest BCUT2D eigenvalue weighted by atomic mass is 19.4. The third-order valence-electron chi connectivity index (χ3n) is 6.52. The van der Waals surface area contributed by atoms with E-state index < -0.39 is 11.7 Å². The van der Waals surface area contributed by atoms with Crippen LogP contribution < -0.4 is 5.32 Å². The van der Waals surface area contributed by atoms with Crippen LogP contribution in [-0.2, 0) is 19.3 Å². The second kappa shape index (κ2) is 9.53. The van der Waals surface area contributed by atoms with Crippen LogP contribution in [0.3, 0.4) is 0 Å². The van der Waals surface area contributed by atoms with Crippen LogP contribution in [-0.4, -0.2) is 9.78 Å². The lowest BCUT2D eigenvalue weighted by molar-refractivity contribution is -0.136. The molecule has 3 nitrogen and oxygen atoms in total. The third kappa shape index (κ3) is 4.71. The van der Waals surface area contributed by atoms with Gasteiger partial charge in [0.25, 0.3) is 0 Å². The summed E-state index contributed by atoms with van der Waals surface area (Å²) in [6, 6.07) is 27.9. The number of hydrogen-bond donors (Lipinski definition) is 1. The molecule has 1 aromatic heterocycles. The van der Waals surface area contributed by atoms with E-state index in [4.69, 9.17) is 0 Å². The van der Waals surface area contributed by atoms with Crippen molar-refractivity contribution in [1.82, 2.24) is 9.78 Å². The molecule has 0 spiro atoms. The van der Waals surface area contributed by atoms with Gasteiger partial charge in [-0.2, -0.15) is 18.3 Å². The van der Waals surface area contributed by atoms with E-state index in [2.05, 4.69) is 42.5 Å². The molecule has 0 saturated carbocycles. The molecule has 0 fully saturated rings. The van der Waals surface area contributed by atoms with Crippen LogP contribution in [0.5, 0.6) is 0 Å². The molecule has 0 unspecified atom stereocenters. The van der Waals surface area contributed by atoms with Gasteiger partial charge in [0.2, 0.25) is 0 Å². The lowest BCUT2D eigenvalue weighted by atomic mass is 10.0. The van der Waals surface area contributed by atoms with E-state index in [0.717, 1.165) is 22.9 Å². The Balaban J connectivity index is 1.52. The normalized spacial score (nSPS) is 11.7. The minimum absolute atomic E-state index is 0.0341. The zero-order valence-electron chi connectivity index (χ0n) is 20.1. The highest BCUT2D eigenvalue weighted by molar-refractivity contribution is 5.95. The van der Waals surface area contributed by atoms with Crippen molar-refractivity contribution in [3.63, 3.8) is 0 Å². The lowest BCUT2D eigenvalue weighted by Gasteiger charge is -2.13. The van der Waals surface area contributed by atoms with Gasteiger partial charge >= 0.3 is 6.18 Å². The van der Waals surface area contributed by atoms with E-state index in [1.807, 2.05) is 54.6 Å². The molecule has 36 heavy (non-hydrogen) atoms. The van der Waals surface area contributed by atoms with Crippen LogP contribution in [0.15, 0.2) is 91.0 Å². The van der Waals surface area contributed by atoms with E-state index in [-0.39, 0.29) is 5.52 Å². The first-order valence-electron chi connectivity index (χ1n) is 11.8. The predicted octanol–water partition coefficient (Wildman–Crippen LogP) is 8.00. The average molecular weight is 486 g/mol. The highest BCUT2D eigenvalue weighted by Crippen LogP contribution is 2.38. The molecule has 0 aliphatic carbocycles. The van der Waals surface area contributed by atoms with Gasteiger partial charge in [0.05, 0.1) is 17.8 Å². The zero-order valence-corrected chi connectivity index (χ0v) is 20.1. The van der Waals surface area contributed by atoms with Crippen LogP contribution in [0, 0.1) is 13.8 Å². The number of nitrogens with one attached hydrogen (secondary N) is 1. The Kier molecular flexibility index (Phi) is 6.27. The molecule has 0 saturated heterocycles. The fourth-order valence-corrected chi connectivity index (χ4v) is 4.62. The van der Waals surface area contributed by atoms with Gasteiger partial charge in [-0.25, -0.2) is 0 Å². The maximum absolute atomic E-state index is 13.8. The number of anilines is 1. The summed E-state index contributed by atoms with van der Waals surface area (Å²) in [5.41, 5.74) is 6.35. The number of halogens is 3. The van der Waals surface area contributed by atoms with Gasteiger partial charge in [-0.15, -0.1) is 0 Å². The van der Waals surface area contributed by atoms with E-state index in [1.165, 1.54) is 22.8 Å². The largest absolute Gasteiger partial charge is 0.418 e. The quantitative estimate of drug-likeness (QED) is 0.264. The summed E-state index contributed by atoms with van der Waals surface area (Å²) in [6.45, 7) is 5.26. The first-order chi connectivity index (χ1) is 17.3. The first-order valence-corrected chi connectivity index (χ1v) is 11.8. The van der Waals surface area contributed by atoms with Crippen LogP contribution >= 0.6 is 0 Å². The fourth-order valence-electron chi connectivity index (χ4n) is 4.62. The Morgan fingerprint density at radius 3 is 2.11 bits per heavy atom. The average Bonchev–Trinajstić information content (AvgIpc) is 3.22. The van der Waals surface area contributed by atoms with Gasteiger partial charge in [0, 0.05) is 23.2 Å². The number of aryl methyl sites for hydroxylation is 2. The summed E-state index contributed by atoms with van der Waals surface area (Å²) < 4.78 is 43.0. The Morgan fingerprint density at radius 2 is 1.44 bits per heavy atom. The van der Waals surface area contributed by atoms with Crippen LogP contribution in [0.2, 0.25) is 0 Å². The molecule has 6 heteroatoms. The Bertz CT molecular complexity index is 1480. The van der Waals surface area contributed by atoms with Crippen LogP contribution in [0.4, 0.5) is 18.9 Å². The van der Waals surface area contributed by atoms with E-state index >= 15 is 0 Å². The van der Waals surface area contributed by atoms with Gasteiger partial charge in [-0.1, -0.05) is 72.8 Å². The van der Waals surface area contributed by atoms with Gasteiger partial charge < -0.3 is 5.32 Å². The summed E-state index contributed by atoms with van der Waals surface area (Å²) in [5, 5.41) is 8.40. The third-order valence-corrected chi connectivity index (χ3v) is 6.52. The smallest absolute Gasteiger partial charge is 0.381 e. The molecule has 0 aliphatic rings. The summed E-state index contributed by atoms with van der Waals surface area (Å²) in [5.74, 6) is 0. The van der Waals surface area contributed by atoms with Gasteiger partial charge in [0.15, 0.2) is 0 Å². The van der Waals surface area contributed by atoms with Crippen molar-refractivity contribution in [2.75, 3.05) is 5.32 Å². The number of hydrogen-bond acceptors (Lipinski definition) is 2. The molecule has 4 aromatic carbocycles. The number of alkyl halides is 3. The SMILES string of the molecule is Cc1cccc(C)c1CNc1ccc(-c2c3cccc(C(F)(F)F)c3nn2Cc2ccccc2)cc1. The minimum atomic E-state index is -4.48. The molecule has 0 aliphatic heterocycles. The molecule has 5 aromatic rings. The first kappa shape index (κ1) is 23.7. The molecule has 0 atom stereocenters. The van der Waals surface area contributed by atoms with Gasteiger partial charge in [-0.3, -0.25) is 4.68 Å². The summed E-state index contributed by atoms with van der Waals surface area (Å²) in [4.78, 5) is 0. The molecular formula is C30H26F3N3. The van der Waals surface area contributed by atoms with Gasteiger partial charge in [-0.05, 0) is 54.3 Å². The monoisotopic (exact) mass is 485 g/mol. The Labute approximate surface area is 208 Å². The summed E-state index contributed by atoms with van der Waals surface area (Å²) in [6.07, 6.45) is -4.48. The number of aromatic nitrogens is 2. The number of fused-ring (bicyclic) bond motifs is 1. The van der Waals surface area contributed by atoms with E-state index in [0.29, 0.717) is 24.2 Å². The fraction of sp³-hybridized carbons (Fsp3) is 0.167. The van der Waals surface area contributed by atoms with Crippen molar-refractivity contribution in [1.29, 1.82) is 0 Å². The van der Waals surface area contributed by atoms with Crippen molar-refractivity contribution in [3.05, 3.63) is 119 Å². The molecule has 1 N–H and O–H groups in total. The molecular weight excluding hydrogens is 459 g/mol. The minimum Gasteiger partial charge on any atom is -0.381 e. The standard InChI is InChI=1S/C30H26F3N3/c1-20-8-6-9-21(2)26(20)18-34-24-16-14-23(15-17-24)29-25-12-7-13-27(30(31,32)33)28(25)35-36(29)19-22-10-4-3-5-11-22/h3-17,34H,18-19H2,1-2H3. The summed E-state index contributed by atoms with van der Waals surface area (Å²) in [7, 11) is 0. The van der Waals surface area contributed by atoms with Crippen molar-refractivity contribution in [3.8, 4) is 11.3 Å². The summed E-state index contributed by atoms with van der Waals surface area (Å²) >= 11 is 0. The second-order valence-corrected chi connectivity index (χ2v) is 8.99. The zero-order chi connectivity index (χ0) is 25.3. The number of nitrogens with zero attached hydrogens (tertiary/aromatic N) is 2. The van der Waals surface area contributed by atoms with Crippen molar-refractivity contribution in [2.24, 2.45) is 0 Å². The molecule has 5 rings (SSSR count). The maximum Gasteiger partial charge on any atom is 0.418 e. The Morgan fingerprint density at radius 1 is 0.778 bits per heavy atom. The van der Waals surface area contributed by atoms with Crippen LogP contribution in [0.1, 0.15) is 27.8 Å². The van der Waals surface area contributed by atoms with Crippen molar-refractivity contribution >= 4 is 16.6 Å². The topological polar surface area (TPSA) is 29.9 Å². The number of rotatable bonds is 6. The van der Waals surface area contributed by atoms with E-state index in [9.17, 15) is 13.2 Å². The molecule has 0 bridgehead atoms.